The average molecular weight is 628 g/mol. The standard InChI is InChI=1S/C45H29N3O/c1-2-11-30(12-3-1)43-46-44(35-20-17-28-9-4-5-13-31(28)26-35)48-45(47-43)38-15-8-16-41-42(38)39-27-33(22-24-40(39)49-41)32-21-23-37-34(25-32)19-18-29-10-6-7-14-36(29)37/h1-27,44H,(H,46,47,48). The maximum atomic E-state index is 6.45. The topological polar surface area (TPSA) is 49.9 Å². The number of nitrogens with one attached hydrogen (secondary N) is 1. The van der Waals surface area contributed by atoms with Gasteiger partial charge in [-0.2, -0.15) is 0 Å². The van der Waals surface area contributed by atoms with Crippen LogP contribution in [-0.2, 0) is 0 Å². The van der Waals surface area contributed by atoms with Gasteiger partial charge >= 0.3 is 0 Å². The highest BCUT2D eigenvalue weighted by atomic mass is 16.3. The maximum Gasteiger partial charge on any atom is 0.160 e. The van der Waals surface area contributed by atoms with Gasteiger partial charge in [-0.25, -0.2) is 9.98 Å². The SMILES string of the molecule is c1ccc(C2=NC(c3cccc4oc5ccc(-c6ccc7c(ccc8ccccc87)c6)cc5c34)=NC(c3ccc4ccccc4c3)N2)cc1. The zero-order valence-electron chi connectivity index (χ0n) is 26.5. The Labute approximate surface area is 282 Å². The van der Waals surface area contributed by atoms with Crippen molar-refractivity contribution in [1.29, 1.82) is 0 Å². The molecule has 0 amide bonds. The number of fused-ring (bicyclic) bond motifs is 7. The molecule has 1 atom stereocenters. The first-order valence-corrected chi connectivity index (χ1v) is 16.6. The highest BCUT2D eigenvalue weighted by molar-refractivity contribution is 6.22. The van der Waals surface area contributed by atoms with Crippen LogP contribution in [0.2, 0.25) is 0 Å². The molecule has 49 heavy (non-hydrogen) atoms. The van der Waals surface area contributed by atoms with E-state index in [0.29, 0.717) is 5.84 Å². The quantitative estimate of drug-likeness (QED) is 0.197. The molecule has 0 aliphatic carbocycles. The second kappa shape index (κ2) is 11.0. The minimum atomic E-state index is -0.315. The number of amidine groups is 2. The number of nitrogens with zero attached hydrogens (tertiary/aromatic N) is 2. The summed E-state index contributed by atoms with van der Waals surface area (Å²) in [6.45, 7) is 0. The lowest BCUT2D eigenvalue weighted by atomic mass is 9.96. The van der Waals surface area contributed by atoms with Gasteiger partial charge in [-0.15, -0.1) is 0 Å². The number of benzene rings is 8. The summed E-state index contributed by atoms with van der Waals surface area (Å²) in [4.78, 5) is 10.4. The monoisotopic (exact) mass is 627 g/mol. The van der Waals surface area contributed by atoms with E-state index in [1.165, 1.54) is 32.3 Å². The van der Waals surface area contributed by atoms with Gasteiger partial charge in [0, 0.05) is 21.9 Å². The van der Waals surface area contributed by atoms with Crippen LogP contribution in [0.1, 0.15) is 22.9 Å². The molecule has 0 saturated heterocycles. The molecular weight excluding hydrogens is 599 g/mol. The summed E-state index contributed by atoms with van der Waals surface area (Å²) in [6.07, 6.45) is -0.315. The zero-order valence-corrected chi connectivity index (χ0v) is 26.5. The summed E-state index contributed by atoms with van der Waals surface area (Å²) >= 11 is 0. The molecule has 0 fully saturated rings. The van der Waals surface area contributed by atoms with Gasteiger partial charge in [0.2, 0.25) is 0 Å². The summed E-state index contributed by atoms with van der Waals surface area (Å²) in [5.74, 6) is 1.46. The average Bonchev–Trinajstić information content (AvgIpc) is 3.56. The fourth-order valence-corrected chi connectivity index (χ4v) is 7.25. The van der Waals surface area contributed by atoms with E-state index in [1.807, 2.05) is 30.3 Å². The Morgan fingerprint density at radius 3 is 2.12 bits per heavy atom. The molecular formula is C45H29N3O. The van der Waals surface area contributed by atoms with Crippen molar-refractivity contribution in [2.45, 2.75) is 6.17 Å². The predicted molar refractivity (Wildman–Crippen MR) is 204 cm³/mol. The van der Waals surface area contributed by atoms with Crippen LogP contribution in [-0.4, -0.2) is 11.7 Å². The molecule has 0 radical (unpaired) electrons. The summed E-state index contributed by atoms with van der Waals surface area (Å²) in [5, 5.41) is 13.1. The van der Waals surface area contributed by atoms with Crippen LogP contribution in [0.25, 0.3) is 65.4 Å². The zero-order chi connectivity index (χ0) is 32.3. The Bertz CT molecular complexity index is 2810. The van der Waals surface area contributed by atoms with Crippen molar-refractivity contribution in [2.24, 2.45) is 9.98 Å². The Morgan fingerprint density at radius 2 is 1.20 bits per heavy atom. The van der Waals surface area contributed by atoms with Gasteiger partial charge in [0.25, 0.3) is 0 Å². The van der Waals surface area contributed by atoms with E-state index in [9.17, 15) is 0 Å². The van der Waals surface area contributed by atoms with Crippen LogP contribution in [0.3, 0.4) is 0 Å². The Balaban J connectivity index is 1.13. The van der Waals surface area contributed by atoms with E-state index in [-0.39, 0.29) is 6.17 Å². The Kier molecular flexibility index (Phi) is 6.21. The first-order valence-electron chi connectivity index (χ1n) is 16.6. The Morgan fingerprint density at radius 1 is 0.469 bits per heavy atom. The highest BCUT2D eigenvalue weighted by Gasteiger charge is 2.24. The minimum Gasteiger partial charge on any atom is -0.456 e. The first kappa shape index (κ1) is 27.6. The van der Waals surface area contributed by atoms with Gasteiger partial charge < -0.3 is 9.73 Å². The molecule has 8 aromatic carbocycles. The van der Waals surface area contributed by atoms with Gasteiger partial charge in [0.05, 0.1) is 0 Å². The number of furan rings is 1. The predicted octanol–water partition coefficient (Wildman–Crippen LogP) is 11.2. The second-order valence-corrected chi connectivity index (χ2v) is 12.6. The molecule has 0 bridgehead atoms. The van der Waals surface area contributed by atoms with E-state index in [4.69, 9.17) is 14.4 Å². The third kappa shape index (κ3) is 4.68. The van der Waals surface area contributed by atoms with Gasteiger partial charge in [-0.1, -0.05) is 133 Å². The van der Waals surface area contributed by atoms with Gasteiger partial charge in [-0.3, -0.25) is 0 Å². The molecule has 2 heterocycles. The van der Waals surface area contributed by atoms with Crippen LogP contribution in [0.4, 0.5) is 0 Å². The summed E-state index contributed by atoms with van der Waals surface area (Å²) < 4.78 is 6.45. The Hall–Kier alpha value is -6.52. The molecule has 9 aromatic rings. The third-order valence-electron chi connectivity index (χ3n) is 9.69. The number of hydrogen-bond acceptors (Lipinski definition) is 4. The molecule has 4 heteroatoms. The largest absolute Gasteiger partial charge is 0.456 e. The number of aliphatic imine (C=N–C) groups is 2. The fraction of sp³-hybridized carbons (Fsp3) is 0.0222. The lowest BCUT2D eigenvalue weighted by Gasteiger charge is -2.24. The van der Waals surface area contributed by atoms with Crippen molar-refractivity contribution in [3.05, 3.63) is 180 Å². The van der Waals surface area contributed by atoms with Crippen molar-refractivity contribution in [3.63, 3.8) is 0 Å². The third-order valence-corrected chi connectivity index (χ3v) is 9.69. The first-order chi connectivity index (χ1) is 24.2. The van der Waals surface area contributed by atoms with Crippen molar-refractivity contribution in [1.82, 2.24) is 5.32 Å². The van der Waals surface area contributed by atoms with E-state index >= 15 is 0 Å². The molecule has 0 spiro atoms. The molecule has 1 aliphatic heterocycles. The molecule has 0 saturated carbocycles. The lowest BCUT2D eigenvalue weighted by molar-refractivity contribution is 0.668. The number of hydrogen-bond donors (Lipinski definition) is 1. The minimum absolute atomic E-state index is 0.315. The molecule has 230 valence electrons. The number of rotatable bonds is 4. The summed E-state index contributed by atoms with van der Waals surface area (Å²) in [6, 6.07) is 57.6. The van der Waals surface area contributed by atoms with Crippen molar-refractivity contribution in [3.8, 4) is 11.1 Å². The molecule has 1 unspecified atom stereocenters. The van der Waals surface area contributed by atoms with Crippen LogP contribution in [0.15, 0.2) is 178 Å². The van der Waals surface area contributed by atoms with Crippen molar-refractivity contribution < 1.29 is 4.42 Å². The normalized spacial score (nSPS) is 14.7. The van der Waals surface area contributed by atoms with Crippen LogP contribution < -0.4 is 5.32 Å². The fourth-order valence-electron chi connectivity index (χ4n) is 7.25. The lowest BCUT2D eigenvalue weighted by Crippen LogP contribution is -2.33. The molecule has 10 rings (SSSR count). The van der Waals surface area contributed by atoms with Crippen LogP contribution in [0, 0.1) is 0 Å². The van der Waals surface area contributed by atoms with Gasteiger partial charge in [0.15, 0.2) is 5.84 Å². The highest BCUT2D eigenvalue weighted by Crippen LogP contribution is 2.37. The second-order valence-electron chi connectivity index (χ2n) is 12.6. The van der Waals surface area contributed by atoms with E-state index in [1.54, 1.807) is 0 Å². The van der Waals surface area contributed by atoms with Crippen LogP contribution in [0.5, 0.6) is 0 Å². The van der Waals surface area contributed by atoms with Crippen molar-refractivity contribution in [2.75, 3.05) is 0 Å². The van der Waals surface area contributed by atoms with E-state index in [0.717, 1.165) is 55.6 Å². The van der Waals surface area contributed by atoms with Gasteiger partial charge in [-0.05, 0) is 79.3 Å². The van der Waals surface area contributed by atoms with Gasteiger partial charge in [0.1, 0.15) is 23.2 Å². The van der Waals surface area contributed by atoms with Crippen LogP contribution >= 0.6 is 0 Å². The molecule has 4 nitrogen and oxygen atoms in total. The van der Waals surface area contributed by atoms with E-state index in [2.05, 4.69) is 139 Å². The molecule has 1 aliphatic rings. The summed E-state index contributed by atoms with van der Waals surface area (Å²) in [7, 11) is 0. The smallest absolute Gasteiger partial charge is 0.160 e. The molecule has 1 aromatic heterocycles. The summed E-state index contributed by atoms with van der Waals surface area (Å²) in [5.41, 5.74) is 6.98. The van der Waals surface area contributed by atoms with E-state index < -0.39 is 0 Å². The van der Waals surface area contributed by atoms with Crippen molar-refractivity contribution >= 4 is 65.9 Å². The maximum absolute atomic E-state index is 6.45. The molecule has 1 N–H and O–H groups in total.